The molecular weight excluding hydrogens is 431 g/mol. The molecule has 0 bridgehead atoms. The van der Waals surface area contributed by atoms with Crippen LogP contribution in [-0.4, -0.2) is 68.4 Å². The van der Waals surface area contributed by atoms with E-state index in [0.29, 0.717) is 18.1 Å². The van der Waals surface area contributed by atoms with Crippen LogP contribution in [-0.2, 0) is 10.2 Å². The van der Waals surface area contributed by atoms with Crippen molar-refractivity contribution in [3.8, 4) is 0 Å². The monoisotopic (exact) mass is 449 g/mol. The van der Waals surface area contributed by atoms with E-state index in [9.17, 15) is 13.2 Å². The van der Waals surface area contributed by atoms with Crippen molar-refractivity contribution in [3.05, 3.63) is 39.5 Å². The van der Waals surface area contributed by atoms with Crippen LogP contribution in [0.1, 0.15) is 16.1 Å². The summed E-state index contributed by atoms with van der Waals surface area (Å²) in [4.78, 5) is 14.2. The number of piperazine rings is 1. The van der Waals surface area contributed by atoms with E-state index >= 15 is 0 Å². The highest BCUT2D eigenvalue weighted by atomic mass is 35.5. The fraction of sp³-hybridized carbons (Fsp3) is 0.400. The first kappa shape index (κ1) is 20.8. The lowest BCUT2D eigenvalue weighted by molar-refractivity contribution is -0.760. The zero-order valence-corrected chi connectivity index (χ0v) is 17.5. The molecule has 1 aromatic heterocycles. The molecule has 0 amide bonds. The maximum atomic E-state index is 13.0. The van der Waals surface area contributed by atoms with Crippen LogP contribution in [0, 0.1) is 0 Å². The number of halogens is 2. The quantitative estimate of drug-likeness (QED) is 0.509. The van der Waals surface area contributed by atoms with E-state index in [1.807, 2.05) is 0 Å². The highest BCUT2D eigenvalue weighted by Gasteiger charge is 2.39. The maximum Gasteiger partial charge on any atom is 0.378 e. The summed E-state index contributed by atoms with van der Waals surface area (Å²) >= 11 is 12.0. The van der Waals surface area contributed by atoms with Crippen molar-refractivity contribution in [2.75, 3.05) is 51.0 Å². The van der Waals surface area contributed by atoms with Crippen molar-refractivity contribution in [2.24, 2.45) is 0 Å². The second kappa shape index (κ2) is 7.84. The Kier molecular flexibility index (Phi) is 5.82. The fourth-order valence-electron chi connectivity index (χ4n) is 2.79. The zero-order valence-electron chi connectivity index (χ0n) is 15.2. The lowest BCUT2D eigenvalue weighted by atomic mass is 10.1. The molecule has 0 atom stereocenters. The number of benzene rings is 1. The summed E-state index contributed by atoms with van der Waals surface area (Å²) < 4.78 is 32.0. The van der Waals surface area contributed by atoms with Gasteiger partial charge in [-0.05, 0) is 18.2 Å². The summed E-state index contributed by atoms with van der Waals surface area (Å²) in [6, 6.07) is 4.49. The van der Waals surface area contributed by atoms with Gasteiger partial charge in [-0.3, -0.25) is 9.32 Å². The number of nitrogen functional groups attached to an aromatic ring is 1. The van der Waals surface area contributed by atoms with Crippen LogP contribution < -0.4 is 15.5 Å². The average Bonchev–Trinajstić information content (AvgIpc) is 3.02. The molecule has 1 fully saturated rings. The number of carbonyl (C=O) groups is 1. The Morgan fingerprint density at radius 2 is 1.89 bits per heavy atom. The topological polar surface area (TPSA) is 117 Å². The summed E-state index contributed by atoms with van der Waals surface area (Å²) in [6.45, 7) is 1.02. The Labute approximate surface area is 172 Å². The van der Waals surface area contributed by atoms with Crippen molar-refractivity contribution < 1.29 is 22.5 Å². The Hall–Kier alpha value is -1.92. The molecule has 3 rings (SSSR count). The maximum absolute atomic E-state index is 13.0. The van der Waals surface area contributed by atoms with Gasteiger partial charge < -0.3 is 5.73 Å². The van der Waals surface area contributed by atoms with Crippen molar-refractivity contribution in [1.82, 2.24) is 13.9 Å². The van der Waals surface area contributed by atoms with Crippen molar-refractivity contribution in [1.29, 1.82) is 0 Å². The van der Waals surface area contributed by atoms with Gasteiger partial charge in [0.05, 0.1) is 22.9 Å². The molecule has 1 aliphatic rings. The molecule has 0 spiro atoms. The highest BCUT2D eigenvalue weighted by Crippen LogP contribution is 2.24. The highest BCUT2D eigenvalue weighted by molar-refractivity contribution is 7.86. The molecule has 10 nitrogen and oxygen atoms in total. The summed E-state index contributed by atoms with van der Waals surface area (Å²) in [5.41, 5.74) is 6.03. The number of ketones is 1. The Bertz CT molecular complexity index is 1000. The largest absolute Gasteiger partial charge is 0.378 e. The standard InChI is InChI=1S/C15H18Cl2N6O4S/c1-20(2)28(25,26)22-7-5-21(6-8-22)23-13(15(18)27-19-23)14(24)11-4-3-10(16)9-12(11)17/h3-4,9H,5-8H2,1-2H3,(H-,18,19,24)/p+1. The van der Waals surface area contributed by atoms with E-state index in [0.717, 1.165) is 4.31 Å². The van der Waals surface area contributed by atoms with Crippen LogP contribution in [0.2, 0.25) is 10.0 Å². The van der Waals surface area contributed by atoms with E-state index in [2.05, 4.69) is 5.27 Å². The predicted octanol–water partition coefficient (Wildman–Crippen LogP) is 0.142. The Morgan fingerprint density at radius 3 is 2.46 bits per heavy atom. The number of nitrogens with zero attached hydrogens (tertiary/aromatic N) is 5. The minimum atomic E-state index is -3.51. The molecule has 1 aromatic carbocycles. The van der Waals surface area contributed by atoms with Crippen LogP contribution in [0.3, 0.4) is 0 Å². The van der Waals surface area contributed by atoms with Gasteiger partial charge in [0.25, 0.3) is 16.0 Å². The smallest absolute Gasteiger partial charge is 0.361 e. The average molecular weight is 450 g/mol. The van der Waals surface area contributed by atoms with E-state index in [1.54, 1.807) is 11.1 Å². The van der Waals surface area contributed by atoms with Crippen LogP contribution in [0.5, 0.6) is 0 Å². The number of anilines is 1. The molecule has 0 saturated carbocycles. The summed E-state index contributed by atoms with van der Waals surface area (Å²) in [7, 11) is -0.567. The third-order valence-corrected chi connectivity index (χ3v) is 6.80. The van der Waals surface area contributed by atoms with Gasteiger partial charge >= 0.3 is 11.6 Å². The van der Waals surface area contributed by atoms with E-state index in [-0.39, 0.29) is 35.3 Å². The van der Waals surface area contributed by atoms with Crippen LogP contribution >= 0.6 is 23.2 Å². The SMILES string of the molecule is CN(C)S(=O)(=O)N1CCN([n+]2noc(N)c2C(=O)c2ccc(Cl)cc2Cl)CC1. The van der Waals surface area contributed by atoms with Crippen molar-refractivity contribution in [3.63, 3.8) is 0 Å². The third-order valence-electron chi connectivity index (χ3n) is 4.31. The number of hydrogen-bond donors (Lipinski definition) is 1. The lowest BCUT2D eigenvalue weighted by Gasteiger charge is -2.31. The van der Waals surface area contributed by atoms with Gasteiger partial charge in [0.15, 0.2) is 0 Å². The number of rotatable bonds is 5. The number of nitrogens with two attached hydrogens (primary N) is 1. The number of aromatic nitrogens is 2. The molecule has 13 heteroatoms. The van der Waals surface area contributed by atoms with E-state index in [1.165, 1.54) is 35.3 Å². The predicted molar refractivity (Wildman–Crippen MR) is 103 cm³/mol. The molecule has 152 valence electrons. The molecule has 2 heterocycles. The number of hydrogen-bond acceptors (Lipinski definition) is 7. The zero-order chi connectivity index (χ0) is 20.6. The molecule has 2 aromatic rings. The van der Waals surface area contributed by atoms with Gasteiger partial charge in [0.2, 0.25) is 5.27 Å². The molecule has 28 heavy (non-hydrogen) atoms. The summed E-state index contributed by atoms with van der Waals surface area (Å²) in [5.74, 6) is -0.650. The normalized spacial score (nSPS) is 16.0. The number of carbonyl (C=O) groups excluding carboxylic acids is 1. The van der Waals surface area contributed by atoms with Crippen molar-refractivity contribution in [2.45, 2.75) is 0 Å². The van der Waals surface area contributed by atoms with E-state index < -0.39 is 16.0 Å². The second-order valence-corrected chi connectivity index (χ2v) is 9.26. The molecule has 1 aliphatic heterocycles. The van der Waals surface area contributed by atoms with E-state index in [4.69, 9.17) is 33.5 Å². The molecule has 1 saturated heterocycles. The molecule has 0 unspecified atom stereocenters. The Morgan fingerprint density at radius 1 is 1.25 bits per heavy atom. The Balaban J connectivity index is 1.85. The molecule has 0 radical (unpaired) electrons. The third kappa shape index (κ3) is 3.80. The van der Waals surface area contributed by atoms with Crippen molar-refractivity contribution >= 4 is 45.1 Å². The first-order valence-corrected chi connectivity index (χ1v) is 10.4. The lowest BCUT2D eigenvalue weighted by Crippen LogP contribution is -2.68. The van der Waals surface area contributed by atoms with Gasteiger partial charge in [-0.25, -0.2) is 0 Å². The van der Waals surface area contributed by atoms with Gasteiger partial charge in [0.1, 0.15) is 0 Å². The first-order chi connectivity index (χ1) is 13.1. The minimum Gasteiger partial charge on any atom is -0.361 e. The van der Waals surface area contributed by atoms with Gasteiger partial charge in [0, 0.05) is 37.8 Å². The van der Waals surface area contributed by atoms with Crippen LogP contribution in [0.25, 0.3) is 0 Å². The van der Waals surface area contributed by atoms with Crippen LogP contribution in [0.4, 0.5) is 5.88 Å². The van der Waals surface area contributed by atoms with Gasteiger partial charge in [-0.1, -0.05) is 23.2 Å². The minimum absolute atomic E-state index is 0.00754. The second-order valence-electron chi connectivity index (χ2n) is 6.27. The molecule has 0 aliphatic carbocycles. The molecular formula is C15H19Cl2N6O4S+. The first-order valence-electron chi connectivity index (χ1n) is 8.23. The van der Waals surface area contributed by atoms with Gasteiger partial charge in [-0.2, -0.15) is 17.0 Å². The fourth-order valence-corrected chi connectivity index (χ4v) is 4.37. The summed E-state index contributed by atoms with van der Waals surface area (Å²) in [5, 5.41) is 6.08. The van der Waals surface area contributed by atoms with Gasteiger partial charge in [-0.15, -0.1) is 5.01 Å². The summed E-state index contributed by atoms with van der Waals surface area (Å²) in [6.07, 6.45) is 0. The molecule has 2 N–H and O–H groups in total. The van der Waals surface area contributed by atoms with Crippen LogP contribution in [0.15, 0.2) is 22.7 Å².